The van der Waals surface area contributed by atoms with E-state index in [1.165, 1.54) is 0 Å². The first-order valence-corrected chi connectivity index (χ1v) is 8.72. The number of ether oxygens (including phenoxy) is 1. The van der Waals surface area contributed by atoms with Crippen LogP contribution in [0.2, 0.25) is 5.02 Å². The van der Waals surface area contributed by atoms with Crippen molar-refractivity contribution in [3.63, 3.8) is 0 Å². The molecule has 1 aromatic rings. The molecule has 2 saturated heterocycles. The maximum absolute atomic E-state index is 12.5. The summed E-state index contributed by atoms with van der Waals surface area (Å²) >= 11 is 5.86. The van der Waals surface area contributed by atoms with Crippen LogP contribution in [0.25, 0.3) is 0 Å². The lowest BCUT2D eigenvalue weighted by Crippen LogP contribution is -2.45. The van der Waals surface area contributed by atoms with E-state index >= 15 is 0 Å². The van der Waals surface area contributed by atoms with E-state index in [0.717, 1.165) is 18.4 Å². The van der Waals surface area contributed by atoms with E-state index in [1.54, 1.807) is 4.90 Å². The van der Waals surface area contributed by atoms with E-state index in [9.17, 15) is 14.7 Å². The fourth-order valence-electron chi connectivity index (χ4n) is 3.74. The molecule has 130 valence electrons. The fraction of sp³-hybridized carbons (Fsp3) is 0.556. The number of rotatable bonds is 5. The molecule has 1 aromatic carbocycles. The number of halogens is 1. The minimum absolute atomic E-state index is 0.0407. The van der Waals surface area contributed by atoms with Gasteiger partial charge < -0.3 is 14.7 Å². The molecule has 2 heterocycles. The van der Waals surface area contributed by atoms with E-state index in [1.807, 2.05) is 24.3 Å². The number of hydrogen-bond acceptors (Lipinski definition) is 3. The highest BCUT2D eigenvalue weighted by Gasteiger charge is 2.54. The van der Waals surface area contributed by atoms with Crippen molar-refractivity contribution in [3.05, 3.63) is 34.9 Å². The Balaban J connectivity index is 1.54. The van der Waals surface area contributed by atoms with Crippen molar-refractivity contribution in [1.82, 2.24) is 4.90 Å². The second-order valence-corrected chi connectivity index (χ2v) is 7.17. The summed E-state index contributed by atoms with van der Waals surface area (Å²) in [6.45, 7) is 1.70. The second-order valence-electron chi connectivity index (χ2n) is 6.74. The van der Waals surface area contributed by atoms with Gasteiger partial charge >= 0.3 is 5.97 Å². The fourth-order valence-corrected chi connectivity index (χ4v) is 3.87. The van der Waals surface area contributed by atoms with Gasteiger partial charge in [-0.2, -0.15) is 0 Å². The molecule has 0 spiro atoms. The van der Waals surface area contributed by atoms with Crippen LogP contribution < -0.4 is 0 Å². The molecule has 2 aliphatic heterocycles. The number of hydrogen-bond donors (Lipinski definition) is 1. The summed E-state index contributed by atoms with van der Waals surface area (Å²) in [4.78, 5) is 25.9. The molecule has 0 unspecified atom stereocenters. The number of carboxylic acid groups (broad SMARTS) is 1. The molecule has 0 aliphatic carbocycles. The van der Waals surface area contributed by atoms with Crippen LogP contribution in [0.1, 0.15) is 24.8 Å². The van der Waals surface area contributed by atoms with E-state index < -0.39 is 11.4 Å². The number of benzene rings is 1. The van der Waals surface area contributed by atoms with E-state index in [-0.39, 0.29) is 11.8 Å². The summed E-state index contributed by atoms with van der Waals surface area (Å²) in [5.74, 6) is -0.852. The standard InChI is InChI=1S/C18H22ClNO4/c19-15-6-4-13(5-7-15)2-1-3-16(21)20-10-14-11-24-9-8-18(14,12-20)17(22)23/h4-7,14H,1-3,8-12H2,(H,22,23)/t14-,18+/m0/s1. The Morgan fingerprint density at radius 2 is 2.08 bits per heavy atom. The predicted octanol–water partition coefficient (Wildman–Crippen LogP) is 2.61. The molecular formula is C18H22ClNO4. The van der Waals surface area contributed by atoms with E-state index in [0.29, 0.717) is 44.2 Å². The first kappa shape index (κ1) is 17.2. The molecule has 2 atom stereocenters. The third kappa shape index (κ3) is 3.42. The van der Waals surface area contributed by atoms with E-state index in [2.05, 4.69) is 0 Å². The average Bonchev–Trinajstić information content (AvgIpc) is 2.98. The van der Waals surface area contributed by atoms with Crippen LogP contribution in [-0.4, -0.2) is 48.2 Å². The lowest BCUT2D eigenvalue weighted by molar-refractivity contribution is -0.157. The molecule has 1 N–H and O–H groups in total. The molecule has 2 aliphatic rings. The number of aliphatic carboxylic acids is 1. The number of nitrogens with zero attached hydrogens (tertiary/aromatic N) is 1. The monoisotopic (exact) mass is 351 g/mol. The number of likely N-dealkylation sites (tertiary alicyclic amines) is 1. The molecule has 0 aromatic heterocycles. The highest BCUT2D eigenvalue weighted by atomic mass is 35.5. The normalized spacial score (nSPS) is 26.2. The summed E-state index contributed by atoms with van der Waals surface area (Å²) < 4.78 is 5.42. The van der Waals surface area contributed by atoms with Gasteiger partial charge in [-0.3, -0.25) is 9.59 Å². The maximum atomic E-state index is 12.5. The zero-order valence-electron chi connectivity index (χ0n) is 13.5. The third-order valence-electron chi connectivity index (χ3n) is 5.25. The maximum Gasteiger partial charge on any atom is 0.311 e. The lowest BCUT2D eigenvalue weighted by atomic mass is 9.74. The van der Waals surface area contributed by atoms with Crippen molar-refractivity contribution in [2.75, 3.05) is 26.3 Å². The molecule has 3 rings (SSSR count). The zero-order valence-corrected chi connectivity index (χ0v) is 14.3. The van der Waals surface area contributed by atoms with Gasteiger partial charge in [0, 0.05) is 37.1 Å². The summed E-state index contributed by atoms with van der Waals surface area (Å²) in [7, 11) is 0. The Labute approximate surface area is 146 Å². The van der Waals surface area contributed by atoms with Gasteiger partial charge in [-0.25, -0.2) is 0 Å². The molecule has 0 saturated carbocycles. The van der Waals surface area contributed by atoms with Gasteiger partial charge in [-0.1, -0.05) is 23.7 Å². The highest BCUT2D eigenvalue weighted by Crippen LogP contribution is 2.42. The number of amides is 1. The first-order valence-electron chi connectivity index (χ1n) is 8.35. The second kappa shape index (κ2) is 7.11. The Morgan fingerprint density at radius 3 is 2.75 bits per heavy atom. The van der Waals surface area contributed by atoms with Crippen LogP contribution in [0, 0.1) is 11.3 Å². The Kier molecular flexibility index (Phi) is 5.11. The van der Waals surface area contributed by atoms with Gasteiger partial charge in [0.15, 0.2) is 0 Å². The van der Waals surface area contributed by atoms with Crippen LogP contribution in [0.15, 0.2) is 24.3 Å². The van der Waals surface area contributed by atoms with Gasteiger partial charge in [0.2, 0.25) is 5.91 Å². The highest BCUT2D eigenvalue weighted by molar-refractivity contribution is 6.30. The molecule has 0 radical (unpaired) electrons. The summed E-state index contributed by atoms with van der Waals surface area (Å²) in [6.07, 6.45) is 2.49. The molecule has 1 amide bonds. The molecular weight excluding hydrogens is 330 g/mol. The van der Waals surface area contributed by atoms with Gasteiger partial charge in [-0.15, -0.1) is 0 Å². The van der Waals surface area contributed by atoms with Crippen molar-refractivity contribution in [1.29, 1.82) is 0 Å². The Bertz CT molecular complexity index is 618. The van der Waals surface area contributed by atoms with Gasteiger partial charge in [0.05, 0.1) is 12.0 Å². The molecule has 24 heavy (non-hydrogen) atoms. The van der Waals surface area contributed by atoms with Gasteiger partial charge in [0.1, 0.15) is 0 Å². The first-order chi connectivity index (χ1) is 11.5. The van der Waals surface area contributed by atoms with Gasteiger partial charge in [0.25, 0.3) is 0 Å². The average molecular weight is 352 g/mol. The number of carbonyl (C=O) groups excluding carboxylic acids is 1. The quantitative estimate of drug-likeness (QED) is 0.885. The minimum Gasteiger partial charge on any atom is -0.481 e. The number of carboxylic acids is 1. The van der Waals surface area contributed by atoms with Crippen molar-refractivity contribution in [2.45, 2.75) is 25.7 Å². The molecule has 5 nitrogen and oxygen atoms in total. The zero-order chi connectivity index (χ0) is 17.2. The third-order valence-corrected chi connectivity index (χ3v) is 5.51. The van der Waals surface area contributed by atoms with Crippen molar-refractivity contribution in [3.8, 4) is 0 Å². The summed E-state index contributed by atoms with van der Waals surface area (Å²) in [5, 5.41) is 10.3. The largest absolute Gasteiger partial charge is 0.481 e. The predicted molar refractivity (Wildman–Crippen MR) is 90.0 cm³/mol. The number of aryl methyl sites for hydroxylation is 1. The Hall–Kier alpha value is -1.59. The van der Waals surface area contributed by atoms with E-state index in [4.69, 9.17) is 16.3 Å². The van der Waals surface area contributed by atoms with Crippen LogP contribution >= 0.6 is 11.6 Å². The van der Waals surface area contributed by atoms with Crippen molar-refractivity contribution in [2.24, 2.45) is 11.3 Å². The number of fused-ring (bicyclic) bond motifs is 1. The van der Waals surface area contributed by atoms with Crippen LogP contribution in [0.5, 0.6) is 0 Å². The van der Waals surface area contributed by atoms with Crippen molar-refractivity contribution < 1.29 is 19.4 Å². The topological polar surface area (TPSA) is 66.8 Å². The summed E-state index contributed by atoms with van der Waals surface area (Å²) in [6, 6.07) is 7.63. The smallest absolute Gasteiger partial charge is 0.311 e. The van der Waals surface area contributed by atoms with Crippen LogP contribution in [0.4, 0.5) is 0 Å². The molecule has 2 fully saturated rings. The SMILES string of the molecule is O=C(CCCc1ccc(Cl)cc1)N1C[C@H]2COCC[C@@]2(C(=O)O)C1. The van der Waals surface area contributed by atoms with Gasteiger partial charge in [-0.05, 0) is 37.0 Å². The van der Waals surface area contributed by atoms with Crippen molar-refractivity contribution >= 4 is 23.5 Å². The molecule has 0 bridgehead atoms. The minimum atomic E-state index is -0.815. The van der Waals surface area contributed by atoms with Crippen LogP contribution in [-0.2, 0) is 20.7 Å². The summed E-state index contributed by atoms with van der Waals surface area (Å²) in [5.41, 5.74) is 0.335. The lowest BCUT2D eigenvalue weighted by Gasteiger charge is -2.33. The van der Waals surface area contributed by atoms with Crippen LogP contribution in [0.3, 0.4) is 0 Å². The number of carbonyl (C=O) groups is 2. The molecule has 6 heteroatoms. The Morgan fingerprint density at radius 1 is 1.33 bits per heavy atom.